The van der Waals surface area contributed by atoms with Gasteiger partial charge in [-0.1, -0.05) is 214 Å². The maximum atomic E-state index is 12.5. The summed E-state index contributed by atoms with van der Waals surface area (Å²) in [4.78, 5) is 37.2. The molecule has 0 amide bonds. The van der Waals surface area contributed by atoms with Crippen LogP contribution in [0, 0.1) is 5.92 Å². The first-order chi connectivity index (χ1) is 25.4. The van der Waals surface area contributed by atoms with E-state index in [9.17, 15) is 14.4 Å². The summed E-state index contributed by atoms with van der Waals surface area (Å²) in [7, 11) is 0. The van der Waals surface area contributed by atoms with Crippen molar-refractivity contribution in [3.63, 3.8) is 0 Å². The standard InChI is InChI=1S/C46H88O6/c1-5-8-10-12-25-30-33-37-44(47)50-40-43(52-46(49)39-35-28-11-9-6-2)41-51-45(48)38-34-31-27-24-22-20-18-16-14-13-15-17-19-21-23-26-29-32-36-42(4)7-3/h42-43H,5-41H2,1-4H3/t42?,43-/m0/s1. The van der Waals surface area contributed by atoms with Gasteiger partial charge in [-0.05, 0) is 25.2 Å². The fourth-order valence-electron chi connectivity index (χ4n) is 6.77. The van der Waals surface area contributed by atoms with Crippen LogP contribution in [-0.2, 0) is 28.6 Å². The van der Waals surface area contributed by atoms with Crippen LogP contribution >= 0.6 is 0 Å². The second kappa shape index (κ2) is 40.6. The summed E-state index contributed by atoms with van der Waals surface area (Å²) in [6, 6.07) is 0. The SMILES string of the molecule is CCCCCCCCCC(=O)OC[C@@H](COC(=O)CCCCCCCCCCCCCCCCCCCCC(C)CC)OC(=O)CCCCCCC. The van der Waals surface area contributed by atoms with Crippen LogP contribution in [0.25, 0.3) is 0 Å². The molecule has 0 aliphatic carbocycles. The summed E-state index contributed by atoms with van der Waals surface area (Å²) in [5.41, 5.74) is 0. The zero-order valence-corrected chi connectivity index (χ0v) is 35.3. The molecule has 0 radical (unpaired) electrons. The Morgan fingerprint density at radius 3 is 1.00 bits per heavy atom. The van der Waals surface area contributed by atoms with Crippen LogP contribution in [0.2, 0.25) is 0 Å². The number of ether oxygens (including phenoxy) is 3. The van der Waals surface area contributed by atoms with E-state index in [4.69, 9.17) is 14.2 Å². The summed E-state index contributed by atoms with van der Waals surface area (Å²) in [6.07, 6.45) is 39.9. The highest BCUT2D eigenvalue weighted by atomic mass is 16.6. The van der Waals surface area contributed by atoms with Crippen molar-refractivity contribution in [3.8, 4) is 0 Å². The highest BCUT2D eigenvalue weighted by molar-refractivity contribution is 5.71. The van der Waals surface area contributed by atoms with E-state index >= 15 is 0 Å². The van der Waals surface area contributed by atoms with Crippen molar-refractivity contribution in [2.45, 2.75) is 259 Å². The van der Waals surface area contributed by atoms with Crippen LogP contribution in [0.15, 0.2) is 0 Å². The topological polar surface area (TPSA) is 78.9 Å². The van der Waals surface area contributed by atoms with Crippen molar-refractivity contribution >= 4 is 17.9 Å². The molecule has 0 saturated carbocycles. The molecule has 0 spiro atoms. The molecule has 0 aliphatic rings. The molecular weight excluding hydrogens is 649 g/mol. The summed E-state index contributed by atoms with van der Waals surface area (Å²) in [5, 5.41) is 0. The third-order valence-corrected chi connectivity index (χ3v) is 10.7. The van der Waals surface area contributed by atoms with Gasteiger partial charge in [-0.15, -0.1) is 0 Å². The second-order valence-electron chi connectivity index (χ2n) is 15.9. The maximum Gasteiger partial charge on any atom is 0.306 e. The first kappa shape index (κ1) is 50.4. The Hall–Kier alpha value is -1.59. The summed E-state index contributed by atoms with van der Waals surface area (Å²) in [6.45, 7) is 8.93. The lowest BCUT2D eigenvalue weighted by Crippen LogP contribution is -2.30. The average molecular weight is 737 g/mol. The lowest BCUT2D eigenvalue weighted by atomic mass is 9.99. The van der Waals surface area contributed by atoms with Gasteiger partial charge in [-0.25, -0.2) is 0 Å². The number of unbranched alkanes of at least 4 members (excludes halogenated alkanes) is 27. The van der Waals surface area contributed by atoms with Gasteiger partial charge in [-0.2, -0.15) is 0 Å². The molecule has 0 bridgehead atoms. The van der Waals surface area contributed by atoms with Crippen LogP contribution in [0.5, 0.6) is 0 Å². The van der Waals surface area contributed by atoms with E-state index < -0.39 is 6.10 Å². The van der Waals surface area contributed by atoms with Crippen molar-refractivity contribution in [1.82, 2.24) is 0 Å². The fraction of sp³-hybridized carbons (Fsp3) is 0.935. The van der Waals surface area contributed by atoms with Gasteiger partial charge >= 0.3 is 17.9 Å². The number of carbonyl (C=O) groups excluding carboxylic acids is 3. The van der Waals surface area contributed by atoms with E-state index in [0.29, 0.717) is 19.3 Å². The third-order valence-electron chi connectivity index (χ3n) is 10.7. The minimum atomic E-state index is -0.756. The Kier molecular flexibility index (Phi) is 39.4. The molecule has 0 aromatic rings. The van der Waals surface area contributed by atoms with Crippen LogP contribution < -0.4 is 0 Å². The minimum absolute atomic E-state index is 0.0656. The quantitative estimate of drug-likeness (QED) is 0.0353. The molecule has 52 heavy (non-hydrogen) atoms. The maximum absolute atomic E-state index is 12.5. The molecule has 0 saturated heterocycles. The van der Waals surface area contributed by atoms with Gasteiger partial charge in [0.2, 0.25) is 0 Å². The van der Waals surface area contributed by atoms with Crippen molar-refractivity contribution in [1.29, 1.82) is 0 Å². The summed E-state index contributed by atoms with van der Waals surface area (Å²) < 4.78 is 16.5. The lowest BCUT2D eigenvalue weighted by Gasteiger charge is -2.18. The number of esters is 3. The minimum Gasteiger partial charge on any atom is -0.462 e. The third kappa shape index (κ3) is 38.1. The predicted octanol–water partition coefficient (Wildman–Crippen LogP) is 14.3. The van der Waals surface area contributed by atoms with E-state index in [2.05, 4.69) is 27.7 Å². The Labute approximate surface area is 323 Å². The van der Waals surface area contributed by atoms with E-state index in [-0.39, 0.29) is 31.1 Å². The molecule has 0 fully saturated rings. The van der Waals surface area contributed by atoms with E-state index in [1.807, 2.05) is 0 Å². The Bertz CT molecular complexity index is 783. The summed E-state index contributed by atoms with van der Waals surface area (Å²) in [5.74, 6) is 0.0331. The van der Waals surface area contributed by atoms with Crippen LogP contribution in [-0.4, -0.2) is 37.2 Å². The van der Waals surface area contributed by atoms with E-state index in [1.54, 1.807) is 0 Å². The predicted molar refractivity (Wildman–Crippen MR) is 220 cm³/mol. The van der Waals surface area contributed by atoms with Gasteiger partial charge in [-0.3, -0.25) is 14.4 Å². The molecule has 2 atom stereocenters. The highest BCUT2D eigenvalue weighted by Gasteiger charge is 2.19. The fourth-order valence-corrected chi connectivity index (χ4v) is 6.77. The number of rotatable bonds is 41. The normalized spacial score (nSPS) is 12.5. The van der Waals surface area contributed by atoms with Gasteiger partial charge < -0.3 is 14.2 Å². The van der Waals surface area contributed by atoms with Gasteiger partial charge in [0.25, 0.3) is 0 Å². The van der Waals surface area contributed by atoms with Crippen LogP contribution in [0.3, 0.4) is 0 Å². The zero-order chi connectivity index (χ0) is 38.2. The van der Waals surface area contributed by atoms with Gasteiger partial charge in [0.15, 0.2) is 6.10 Å². The molecule has 1 unspecified atom stereocenters. The highest BCUT2D eigenvalue weighted by Crippen LogP contribution is 2.17. The van der Waals surface area contributed by atoms with Gasteiger partial charge in [0.05, 0.1) is 0 Å². The first-order valence-electron chi connectivity index (χ1n) is 22.9. The molecule has 0 aromatic heterocycles. The van der Waals surface area contributed by atoms with Crippen LogP contribution in [0.4, 0.5) is 0 Å². The van der Waals surface area contributed by atoms with E-state index in [0.717, 1.165) is 70.1 Å². The van der Waals surface area contributed by atoms with Crippen molar-refractivity contribution in [2.75, 3.05) is 13.2 Å². The summed E-state index contributed by atoms with van der Waals surface area (Å²) >= 11 is 0. The van der Waals surface area contributed by atoms with Gasteiger partial charge in [0.1, 0.15) is 13.2 Å². The Morgan fingerprint density at radius 1 is 0.385 bits per heavy atom. The first-order valence-corrected chi connectivity index (χ1v) is 22.9. The smallest absolute Gasteiger partial charge is 0.306 e. The van der Waals surface area contributed by atoms with Crippen molar-refractivity contribution < 1.29 is 28.6 Å². The average Bonchev–Trinajstić information content (AvgIpc) is 3.14. The molecule has 0 aliphatic heterocycles. The second-order valence-corrected chi connectivity index (χ2v) is 15.9. The molecule has 0 heterocycles. The molecule has 6 heteroatoms. The van der Waals surface area contributed by atoms with E-state index in [1.165, 1.54) is 141 Å². The molecule has 308 valence electrons. The van der Waals surface area contributed by atoms with Crippen molar-refractivity contribution in [2.24, 2.45) is 5.92 Å². The molecule has 6 nitrogen and oxygen atoms in total. The monoisotopic (exact) mass is 737 g/mol. The molecule has 0 rings (SSSR count). The van der Waals surface area contributed by atoms with Crippen molar-refractivity contribution in [3.05, 3.63) is 0 Å². The Morgan fingerprint density at radius 2 is 0.673 bits per heavy atom. The number of carbonyl (C=O) groups is 3. The molecule has 0 N–H and O–H groups in total. The Balaban J connectivity index is 3.95. The van der Waals surface area contributed by atoms with Gasteiger partial charge in [0, 0.05) is 19.3 Å². The zero-order valence-electron chi connectivity index (χ0n) is 35.3. The molecule has 0 aromatic carbocycles. The lowest BCUT2D eigenvalue weighted by molar-refractivity contribution is -0.167. The largest absolute Gasteiger partial charge is 0.462 e. The van der Waals surface area contributed by atoms with Crippen LogP contribution in [0.1, 0.15) is 252 Å². The number of hydrogen-bond donors (Lipinski definition) is 0. The number of hydrogen-bond acceptors (Lipinski definition) is 6. The molecular formula is C46H88O6.